The zero-order chi connectivity index (χ0) is 17.7. The lowest BCUT2D eigenvalue weighted by molar-refractivity contribution is 0.113. The molecule has 2 aliphatic heterocycles. The fraction of sp³-hybridized carbons (Fsp3) is 0.333. The van der Waals surface area contributed by atoms with E-state index in [0.29, 0.717) is 34.9 Å². The molecule has 2 aromatic heterocycles. The Labute approximate surface area is 150 Å². The maximum atomic E-state index is 12.8. The van der Waals surface area contributed by atoms with Crippen LogP contribution < -0.4 is 11.0 Å². The third-order valence-electron chi connectivity index (χ3n) is 5.70. The molecular formula is C21H20N2O3. The lowest BCUT2D eigenvalue weighted by atomic mass is 9.83. The zero-order valence-corrected chi connectivity index (χ0v) is 14.4. The van der Waals surface area contributed by atoms with Crippen LogP contribution in [0.5, 0.6) is 0 Å². The number of pyridine rings is 1. The predicted molar refractivity (Wildman–Crippen MR) is 99.3 cm³/mol. The predicted octanol–water partition coefficient (Wildman–Crippen LogP) is 2.57. The summed E-state index contributed by atoms with van der Waals surface area (Å²) in [5.74, 6) is 0.803. The largest absolute Gasteiger partial charge is 0.464 e. The van der Waals surface area contributed by atoms with Crippen molar-refractivity contribution in [3.8, 4) is 0 Å². The van der Waals surface area contributed by atoms with Crippen molar-refractivity contribution in [3.05, 3.63) is 80.6 Å². The number of hydrogen-bond acceptors (Lipinski definition) is 4. The molecule has 26 heavy (non-hydrogen) atoms. The van der Waals surface area contributed by atoms with Crippen LogP contribution in [0.15, 0.2) is 62.7 Å². The van der Waals surface area contributed by atoms with Gasteiger partial charge in [-0.3, -0.25) is 14.5 Å². The smallest absolute Gasteiger partial charge is 0.250 e. The summed E-state index contributed by atoms with van der Waals surface area (Å²) >= 11 is 0. The number of nitrogens with zero attached hydrogens (tertiary/aromatic N) is 2. The van der Waals surface area contributed by atoms with Crippen LogP contribution in [0.25, 0.3) is 11.0 Å². The van der Waals surface area contributed by atoms with Gasteiger partial charge in [0.1, 0.15) is 5.58 Å². The Balaban J connectivity index is 1.44. The Bertz CT molecular complexity index is 1100. The molecule has 2 aliphatic rings. The summed E-state index contributed by atoms with van der Waals surface area (Å²) in [6, 6.07) is 12.9. The van der Waals surface area contributed by atoms with Crippen LogP contribution in [0, 0.1) is 5.92 Å². The van der Waals surface area contributed by atoms with E-state index in [-0.39, 0.29) is 11.0 Å². The van der Waals surface area contributed by atoms with Crippen LogP contribution in [-0.4, -0.2) is 22.6 Å². The van der Waals surface area contributed by atoms with Gasteiger partial charge in [-0.1, -0.05) is 18.2 Å². The maximum absolute atomic E-state index is 12.8. The number of fused-ring (bicyclic) bond motifs is 5. The standard InChI is InChI=1S/C21H20N2O3/c24-20-7-3-5-18-15-8-14(10-23(18)20)9-22(11-15)12-16-13-26-19-6-2-1-4-17(19)21(16)25/h1-7,13-15H,8-12H2. The Morgan fingerprint density at radius 3 is 2.81 bits per heavy atom. The van der Waals surface area contributed by atoms with E-state index >= 15 is 0 Å². The molecule has 4 heterocycles. The summed E-state index contributed by atoms with van der Waals surface area (Å²) in [6.45, 7) is 3.14. The fourth-order valence-corrected chi connectivity index (χ4v) is 4.59. The highest BCUT2D eigenvalue weighted by Crippen LogP contribution is 2.35. The molecule has 1 aromatic carbocycles. The molecular weight excluding hydrogens is 328 g/mol. The number of likely N-dealkylation sites (tertiary alicyclic amines) is 1. The third-order valence-corrected chi connectivity index (χ3v) is 5.70. The van der Waals surface area contributed by atoms with Crippen molar-refractivity contribution in [2.75, 3.05) is 13.1 Å². The first-order chi connectivity index (χ1) is 12.7. The Kier molecular flexibility index (Phi) is 3.57. The number of aromatic nitrogens is 1. The quantitative estimate of drug-likeness (QED) is 0.714. The Morgan fingerprint density at radius 2 is 1.88 bits per heavy atom. The molecule has 1 saturated heterocycles. The van der Waals surface area contributed by atoms with E-state index in [0.717, 1.165) is 31.7 Å². The first-order valence-electron chi connectivity index (χ1n) is 9.10. The van der Waals surface area contributed by atoms with E-state index < -0.39 is 0 Å². The summed E-state index contributed by atoms with van der Waals surface area (Å²) in [4.78, 5) is 27.2. The summed E-state index contributed by atoms with van der Waals surface area (Å²) < 4.78 is 7.59. The van der Waals surface area contributed by atoms with Crippen molar-refractivity contribution in [1.82, 2.24) is 9.47 Å². The molecule has 132 valence electrons. The monoisotopic (exact) mass is 348 g/mol. The fourth-order valence-electron chi connectivity index (χ4n) is 4.59. The summed E-state index contributed by atoms with van der Waals surface area (Å²) in [5.41, 5.74) is 2.61. The van der Waals surface area contributed by atoms with Gasteiger partial charge >= 0.3 is 0 Å². The van der Waals surface area contributed by atoms with Crippen LogP contribution in [0.4, 0.5) is 0 Å². The highest BCUT2D eigenvalue weighted by atomic mass is 16.3. The second-order valence-electron chi connectivity index (χ2n) is 7.48. The van der Waals surface area contributed by atoms with Gasteiger partial charge in [-0.15, -0.1) is 0 Å². The van der Waals surface area contributed by atoms with Gasteiger partial charge in [0.05, 0.1) is 11.6 Å². The van der Waals surface area contributed by atoms with Gasteiger partial charge in [-0.2, -0.15) is 0 Å². The summed E-state index contributed by atoms with van der Waals surface area (Å²) in [6.07, 6.45) is 2.72. The highest BCUT2D eigenvalue weighted by Gasteiger charge is 2.34. The molecule has 5 nitrogen and oxygen atoms in total. The van der Waals surface area contributed by atoms with Gasteiger partial charge in [0.15, 0.2) is 5.43 Å². The summed E-state index contributed by atoms with van der Waals surface area (Å²) in [7, 11) is 0. The average Bonchev–Trinajstić information content (AvgIpc) is 2.65. The molecule has 0 N–H and O–H groups in total. The van der Waals surface area contributed by atoms with Crippen molar-refractivity contribution in [2.45, 2.75) is 25.4 Å². The normalized spacial score (nSPS) is 22.3. The SMILES string of the molecule is O=c1c(CN2CC3CC(C2)c2cccc(=O)n2C3)coc2ccccc12. The van der Waals surface area contributed by atoms with Crippen LogP contribution >= 0.6 is 0 Å². The van der Waals surface area contributed by atoms with Crippen molar-refractivity contribution in [3.63, 3.8) is 0 Å². The van der Waals surface area contributed by atoms with Crippen molar-refractivity contribution in [2.24, 2.45) is 5.92 Å². The Morgan fingerprint density at radius 1 is 1.00 bits per heavy atom. The minimum atomic E-state index is 0.0548. The topological polar surface area (TPSA) is 55.5 Å². The van der Waals surface area contributed by atoms with Crippen molar-refractivity contribution < 1.29 is 4.42 Å². The maximum Gasteiger partial charge on any atom is 0.250 e. The molecule has 1 fully saturated rings. The molecule has 2 bridgehead atoms. The molecule has 0 amide bonds. The molecule has 2 atom stereocenters. The number of hydrogen-bond donors (Lipinski definition) is 0. The molecule has 3 aromatic rings. The van der Waals surface area contributed by atoms with Gasteiger partial charge in [-0.05, 0) is 30.5 Å². The van der Waals surface area contributed by atoms with E-state index in [2.05, 4.69) is 11.0 Å². The lowest BCUT2D eigenvalue weighted by Crippen LogP contribution is -2.47. The van der Waals surface area contributed by atoms with E-state index in [1.165, 1.54) is 0 Å². The van der Waals surface area contributed by atoms with E-state index in [1.54, 1.807) is 12.3 Å². The van der Waals surface area contributed by atoms with Crippen molar-refractivity contribution >= 4 is 11.0 Å². The minimum Gasteiger partial charge on any atom is -0.464 e. The van der Waals surface area contributed by atoms with E-state index in [9.17, 15) is 9.59 Å². The first-order valence-corrected chi connectivity index (χ1v) is 9.10. The molecule has 0 spiro atoms. The van der Waals surface area contributed by atoms with Gasteiger partial charge in [0.2, 0.25) is 0 Å². The molecule has 5 rings (SSSR count). The van der Waals surface area contributed by atoms with Crippen LogP contribution in [0.3, 0.4) is 0 Å². The van der Waals surface area contributed by atoms with Crippen LogP contribution in [-0.2, 0) is 13.1 Å². The molecule has 0 radical (unpaired) electrons. The Hall–Kier alpha value is -2.66. The number of benzene rings is 1. The van der Waals surface area contributed by atoms with Crippen LogP contribution in [0.2, 0.25) is 0 Å². The second-order valence-corrected chi connectivity index (χ2v) is 7.48. The van der Waals surface area contributed by atoms with Gasteiger partial charge in [0.25, 0.3) is 5.56 Å². The van der Waals surface area contributed by atoms with E-state index in [1.807, 2.05) is 34.9 Å². The molecule has 2 unspecified atom stereocenters. The highest BCUT2D eigenvalue weighted by molar-refractivity contribution is 5.76. The number of piperidine rings is 1. The van der Waals surface area contributed by atoms with E-state index in [4.69, 9.17) is 4.42 Å². The average molecular weight is 348 g/mol. The minimum absolute atomic E-state index is 0.0548. The third kappa shape index (κ3) is 2.51. The summed E-state index contributed by atoms with van der Waals surface area (Å²) in [5, 5.41) is 0.638. The zero-order valence-electron chi connectivity index (χ0n) is 14.4. The number of rotatable bonds is 2. The molecule has 0 saturated carbocycles. The lowest BCUT2D eigenvalue weighted by Gasteiger charge is -2.42. The first kappa shape index (κ1) is 15.6. The molecule has 5 heteroatoms. The molecule has 0 aliphatic carbocycles. The van der Waals surface area contributed by atoms with Gasteiger partial charge < -0.3 is 8.98 Å². The van der Waals surface area contributed by atoms with Gasteiger partial charge in [0, 0.05) is 49.4 Å². The van der Waals surface area contributed by atoms with Crippen LogP contribution in [0.1, 0.15) is 23.6 Å². The number of para-hydroxylation sites is 1. The van der Waals surface area contributed by atoms with Crippen molar-refractivity contribution in [1.29, 1.82) is 0 Å². The second kappa shape index (κ2) is 5.95. The van der Waals surface area contributed by atoms with Gasteiger partial charge in [-0.25, -0.2) is 0 Å².